The quantitative estimate of drug-likeness (QED) is 0.520. The molecule has 0 saturated carbocycles. The van der Waals surface area contributed by atoms with Gasteiger partial charge >= 0.3 is 0 Å². The number of rotatable bonds is 6. The van der Waals surface area contributed by atoms with Crippen molar-refractivity contribution in [1.82, 2.24) is 0 Å². The van der Waals surface area contributed by atoms with Crippen LogP contribution in [0.3, 0.4) is 0 Å². The van der Waals surface area contributed by atoms with Crippen molar-refractivity contribution in [2.24, 2.45) is 0 Å². The molecule has 2 aromatic carbocycles. The van der Waals surface area contributed by atoms with Crippen LogP contribution in [0.25, 0.3) is 10.8 Å². The van der Waals surface area contributed by atoms with Crippen molar-refractivity contribution in [2.75, 3.05) is 18.4 Å². The van der Waals surface area contributed by atoms with Crippen LogP contribution in [0.2, 0.25) is 0 Å². The molecule has 0 radical (unpaired) electrons. The Morgan fingerprint density at radius 1 is 1.23 bits per heavy atom. The summed E-state index contributed by atoms with van der Waals surface area (Å²) in [5.41, 5.74) is 1.49. The van der Waals surface area contributed by atoms with Gasteiger partial charge in [-0.25, -0.2) is 4.39 Å². The van der Waals surface area contributed by atoms with E-state index in [4.69, 9.17) is 9.29 Å². The first kappa shape index (κ1) is 21.0. The molecule has 1 atom stereocenters. The summed E-state index contributed by atoms with van der Waals surface area (Å²) < 4.78 is 42.4. The van der Waals surface area contributed by atoms with Gasteiger partial charge in [0, 0.05) is 10.6 Å². The second-order valence-corrected chi connectivity index (χ2v) is 8.79. The zero-order valence-electron chi connectivity index (χ0n) is 14.9. The van der Waals surface area contributed by atoms with Crippen LogP contribution in [-0.2, 0) is 10.1 Å². The third-order valence-corrected chi connectivity index (χ3v) is 5.78. The topological polar surface area (TPSA) is 63.6 Å². The third-order valence-electron chi connectivity index (χ3n) is 4.09. The normalized spacial score (nSPS) is 17.0. The summed E-state index contributed by atoms with van der Waals surface area (Å²) >= 11 is 2.10. The predicted molar refractivity (Wildman–Crippen MR) is 106 cm³/mol. The fourth-order valence-corrected chi connectivity index (χ4v) is 4.19. The van der Waals surface area contributed by atoms with E-state index in [9.17, 15) is 12.8 Å². The highest BCUT2D eigenvalue weighted by Gasteiger charge is 2.20. The van der Waals surface area contributed by atoms with Gasteiger partial charge in [-0.05, 0) is 42.0 Å². The summed E-state index contributed by atoms with van der Waals surface area (Å²) in [5, 5.41) is 3.32. The summed E-state index contributed by atoms with van der Waals surface area (Å²) in [7, 11) is -4.33. The van der Waals surface area contributed by atoms with Crippen LogP contribution in [0.1, 0.15) is 43.4 Å². The van der Waals surface area contributed by atoms with Crippen LogP contribution in [0.15, 0.2) is 36.4 Å². The fraction of sp³-hybridized carbons (Fsp3) is 0.474. The molecular formula is C19H25FO4S2. The molecule has 4 nitrogen and oxygen atoms in total. The van der Waals surface area contributed by atoms with Crippen molar-refractivity contribution < 1.29 is 22.1 Å². The summed E-state index contributed by atoms with van der Waals surface area (Å²) in [6.45, 7) is 3.01. The number of halogens is 1. The van der Waals surface area contributed by atoms with Gasteiger partial charge in [0.15, 0.2) is 0 Å². The van der Waals surface area contributed by atoms with E-state index in [1.54, 1.807) is 0 Å². The van der Waals surface area contributed by atoms with Crippen LogP contribution < -0.4 is 4.74 Å². The lowest BCUT2D eigenvalue weighted by Gasteiger charge is -2.16. The van der Waals surface area contributed by atoms with Gasteiger partial charge in [0.1, 0.15) is 5.75 Å². The number of thioether (sulfide) groups is 1. The van der Waals surface area contributed by atoms with E-state index in [0.29, 0.717) is 5.25 Å². The van der Waals surface area contributed by atoms with Crippen molar-refractivity contribution >= 4 is 32.7 Å². The van der Waals surface area contributed by atoms with Crippen LogP contribution >= 0.6 is 11.8 Å². The largest absolute Gasteiger partial charge is 0.493 e. The lowest BCUT2D eigenvalue weighted by Crippen LogP contribution is -1.98. The summed E-state index contributed by atoms with van der Waals surface area (Å²) in [6.07, 6.45) is 4.95. The Labute approximate surface area is 158 Å². The van der Waals surface area contributed by atoms with Crippen molar-refractivity contribution in [3.63, 3.8) is 0 Å². The molecule has 144 valence electrons. The molecule has 26 heavy (non-hydrogen) atoms. The zero-order chi connectivity index (χ0) is 19.0. The number of alkyl halides is 1. The second-order valence-electron chi connectivity index (χ2n) is 6.09. The second kappa shape index (κ2) is 10.1. The van der Waals surface area contributed by atoms with Crippen LogP contribution in [-0.4, -0.2) is 31.3 Å². The number of ether oxygens (including phenoxy) is 1. The lowest BCUT2D eigenvalue weighted by molar-refractivity contribution is 0.313. The molecule has 0 aromatic heterocycles. The van der Waals surface area contributed by atoms with Gasteiger partial charge < -0.3 is 4.74 Å². The molecule has 0 aliphatic carbocycles. The van der Waals surface area contributed by atoms with E-state index in [1.165, 1.54) is 41.4 Å². The van der Waals surface area contributed by atoms with Crippen LogP contribution in [0.4, 0.5) is 4.39 Å². The first-order valence-electron chi connectivity index (χ1n) is 8.73. The SMILES string of the molecule is CCCCOc1ccc(C2CCCS2)c2ccccc12.O=S(=O)(O)CF. The number of unbranched alkanes of at least 4 members (excludes halogenated alkanes) is 1. The molecule has 1 aliphatic heterocycles. The number of benzene rings is 2. The molecule has 2 aromatic rings. The smallest absolute Gasteiger partial charge is 0.294 e. The zero-order valence-corrected chi connectivity index (χ0v) is 16.5. The molecule has 3 rings (SSSR count). The van der Waals surface area contributed by atoms with Crippen molar-refractivity contribution in [3.8, 4) is 5.75 Å². The Bertz CT molecular complexity index is 802. The first-order chi connectivity index (χ1) is 12.5. The van der Waals surface area contributed by atoms with Crippen molar-refractivity contribution in [2.45, 2.75) is 37.9 Å². The highest BCUT2D eigenvalue weighted by atomic mass is 32.2. The molecule has 1 unspecified atom stereocenters. The summed E-state index contributed by atoms with van der Waals surface area (Å²) in [4.78, 5) is 0. The van der Waals surface area contributed by atoms with Gasteiger partial charge in [-0.2, -0.15) is 20.2 Å². The number of fused-ring (bicyclic) bond motifs is 1. The maximum atomic E-state index is 10.7. The Morgan fingerprint density at radius 2 is 1.92 bits per heavy atom. The highest BCUT2D eigenvalue weighted by molar-refractivity contribution is 7.99. The Hall–Kier alpha value is -1.31. The highest BCUT2D eigenvalue weighted by Crippen LogP contribution is 2.44. The molecule has 1 N–H and O–H groups in total. The number of hydrogen-bond donors (Lipinski definition) is 1. The third kappa shape index (κ3) is 6.14. The standard InChI is InChI=1S/C18H22OS.CH3FO3S/c1-2-3-12-19-17-11-10-16(18-9-6-13-20-18)14-7-4-5-8-15(14)17;2-1-6(3,4)5/h4-5,7-8,10-11,18H,2-3,6,9,12-13H2,1H3;1H2,(H,3,4,5). The van der Waals surface area contributed by atoms with Gasteiger partial charge in [0.2, 0.25) is 6.01 Å². The van der Waals surface area contributed by atoms with Gasteiger partial charge in [-0.3, -0.25) is 4.55 Å². The maximum Gasteiger partial charge on any atom is 0.294 e. The minimum atomic E-state index is -4.33. The summed E-state index contributed by atoms with van der Waals surface area (Å²) in [6, 6.07) is 11.4. The van der Waals surface area contributed by atoms with E-state index in [1.807, 2.05) is 0 Å². The Balaban J connectivity index is 0.000000352. The molecule has 1 heterocycles. The molecular weight excluding hydrogens is 375 g/mol. The Kier molecular flexibility index (Phi) is 8.18. The van der Waals surface area contributed by atoms with E-state index in [2.05, 4.69) is 55.1 Å². The predicted octanol–water partition coefficient (Wildman–Crippen LogP) is 5.39. The van der Waals surface area contributed by atoms with Crippen molar-refractivity contribution in [3.05, 3.63) is 42.0 Å². The molecule has 1 fully saturated rings. The van der Waals surface area contributed by atoms with Gasteiger partial charge in [0.05, 0.1) is 6.61 Å². The Morgan fingerprint density at radius 3 is 2.50 bits per heavy atom. The molecule has 1 saturated heterocycles. The van der Waals surface area contributed by atoms with Crippen LogP contribution in [0.5, 0.6) is 5.75 Å². The lowest BCUT2D eigenvalue weighted by atomic mass is 9.99. The van der Waals surface area contributed by atoms with Gasteiger partial charge in [-0.1, -0.05) is 43.7 Å². The average Bonchev–Trinajstić information content (AvgIpc) is 3.16. The molecule has 7 heteroatoms. The summed E-state index contributed by atoms with van der Waals surface area (Å²) in [5.74, 6) is 2.34. The maximum absolute atomic E-state index is 10.7. The van der Waals surface area contributed by atoms with Crippen LogP contribution in [0, 0.1) is 0 Å². The monoisotopic (exact) mass is 400 g/mol. The van der Waals surface area contributed by atoms with E-state index < -0.39 is 16.1 Å². The number of hydrogen-bond acceptors (Lipinski definition) is 4. The minimum Gasteiger partial charge on any atom is -0.493 e. The van der Waals surface area contributed by atoms with Gasteiger partial charge in [-0.15, -0.1) is 0 Å². The minimum absolute atomic E-state index is 0.671. The van der Waals surface area contributed by atoms with E-state index >= 15 is 0 Å². The fourth-order valence-electron chi connectivity index (χ4n) is 2.85. The molecule has 0 amide bonds. The van der Waals surface area contributed by atoms with E-state index in [-0.39, 0.29) is 0 Å². The molecule has 0 bridgehead atoms. The average molecular weight is 401 g/mol. The first-order valence-corrected chi connectivity index (χ1v) is 11.4. The van der Waals surface area contributed by atoms with E-state index in [0.717, 1.165) is 18.8 Å². The van der Waals surface area contributed by atoms with Gasteiger partial charge in [0.25, 0.3) is 10.1 Å². The molecule has 1 aliphatic rings. The molecule has 0 spiro atoms. The van der Waals surface area contributed by atoms with Crippen molar-refractivity contribution in [1.29, 1.82) is 0 Å².